The van der Waals surface area contributed by atoms with Gasteiger partial charge in [-0.3, -0.25) is 24.0 Å². The first kappa shape index (κ1) is 32.4. The van der Waals surface area contributed by atoms with Crippen LogP contribution in [0.3, 0.4) is 0 Å². The molecule has 0 bridgehead atoms. The standard InChI is InChI=1S/C26H37N5O8S/c1-16(32)30-14-22(35)39-15-26(2,3)23(36)24(37)28-9-7-21(34)27-10-11-40-25(38)29-8-6-17-13-31-20-5-4-18(33)12-19(17)20/h4-5,12-13,23,31,33,36H,6-11,14-15H2,1-3H3,(H,27,34)(H,28,37)(H,29,38)(H,30,32)/t23-/m0/s1. The summed E-state index contributed by atoms with van der Waals surface area (Å²) in [5.74, 6) is -1.60. The van der Waals surface area contributed by atoms with Gasteiger partial charge in [0.15, 0.2) is 0 Å². The maximum atomic E-state index is 12.3. The number of benzene rings is 1. The van der Waals surface area contributed by atoms with Gasteiger partial charge in [-0.1, -0.05) is 25.6 Å². The van der Waals surface area contributed by atoms with E-state index in [-0.39, 0.29) is 55.5 Å². The average Bonchev–Trinajstić information content (AvgIpc) is 3.30. The highest BCUT2D eigenvalue weighted by molar-refractivity contribution is 8.13. The fraction of sp³-hybridized carbons (Fsp3) is 0.500. The number of carbonyl (C=O) groups excluding carboxylic acids is 5. The van der Waals surface area contributed by atoms with Crippen LogP contribution >= 0.6 is 11.8 Å². The first-order valence-electron chi connectivity index (χ1n) is 12.7. The first-order chi connectivity index (χ1) is 18.9. The van der Waals surface area contributed by atoms with Crippen LogP contribution in [0.5, 0.6) is 5.75 Å². The van der Waals surface area contributed by atoms with Crippen molar-refractivity contribution in [1.82, 2.24) is 26.3 Å². The number of rotatable bonds is 15. The van der Waals surface area contributed by atoms with Gasteiger partial charge in [0, 0.05) is 61.2 Å². The van der Waals surface area contributed by atoms with Gasteiger partial charge in [0.1, 0.15) is 18.4 Å². The fourth-order valence-electron chi connectivity index (χ4n) is 3.49. The molecule has 0 aliphatic carbocycles. The van der Waals surface area contributed by atoms with Crippen molar-refractivity contribution in [3.05, 3.63) is 30.0 Å². The van der Waals surface area contributed by atoms with Crippen molar-refractivity contribution in [2.24, 2.45) is 5.41 Å². The molecule has 0 aliphatic heterocycles. The second-order valence-electron chi connectivity index (χ2n) is 9.71. The minimum atomic E-state index is -1.50. The minimum Gasteiger partial charge on any atom is -0.508 e. The Balaban J connectivity index is 1.56. The molecule has 40 heavy (non-hydrogen) atoms. The monoisotopic (exact) mass is 579 g/mol. The quantitative estimate of drug-likeness (QED) is 0.116. The van der Waals surface area contributed by atoms with Gasteiger partial charge < -0.3 is 41.2 Å². The van der Waals surface area contributed by atoms with E-state index in [9.17, 15) is 34.2 Å². The molecule has 1 heterocycles. The Bertz CT molecular complexity index is 1200. The molecule has 0 radical (unpaired) electrons. The van der Waals surface area contributed by atoms with Crippen LogP contribution in [0.2, 0.25) is 0 Å². The normalized spacial score (nSPS) is 11.9. The van der Waals surface area contributed by atoms with Crippen molar-refractivity contribution in [3.8, 4) is 5.75 Å². The number of esters is 1. The smallest absolute Gasteiger partial charge is 0.325 e. The molecule has 14 heteroatoms. The number of nitrogens with one attached hydrogen (secondary N) is 5. The number of aliphatic hydroxyl groups excluding tert-OH is 1. The first-order valence-corrected chi connectivity index (χ1v) is 13.7. The van der Waals surface area contributed by atoms with E-state index in [4.69, 9.17) is 4.74 Å². The number of carbonyl (C=O) groups is 5. The second kappa shape index (κ2) is 15.7. The summed E-state index contributed by atoms with van der Waals surface area (Å²) < 4.78 is 5.00. The lowest BCUT2D eigenvalue weighted by atomic mass is 9.87. The van der Waals surface area contributed by atoms with Gasteiger partial charge in [0.05, 0.1) is 6.61 Å². The summed E-state index contributed by atoms with van der Waals surface area (Å²) in [6.07, 6.45) is 0.912. The highest BCUT2D eigenvalue weighted by Gasteiger charge is 2.35. The molecule has 2 rings (SSSR count). The lowest BCUT2D eigenvalue weighted by molar-refractivity contribution is -0.153. The van der Waals surface area contributed by atoms with Crippen LogP contribution < -0.4 is 21.3 Å². The maximum absolute atomic E-state index is 12.3. The summed E-state index contributed by atoms with van der Waals surface area (Å²) in [4.78, 5) is 61.9. The van der Waals surface area contributed by atoms with Crippen molar-refractivity contribution < 1.29 is 38.9 Å². The Hall–Kier alpha value is -3.78. The van der Waals surface area contributed by atoms with Crippen LogP contribution in [0.4, 0.5) is 4.79 Å². The number of aromatic amines is 1. The van der Waals surface area contributed by atoms with Gasteiger partial charge in [0.2, 0.25) is 17.7 Å². The number of H-pyrrole nitrogens is 1. The number of phenolic OH excluding ortho intramolecular Hbond substituents is 1. The molecular formula is C26H37N5O8S. The summed E-state index contributed by atoms with van der Waals surface area (Å²) in [6.45, 7) is 4.43. The molecule has 0 unspecified atom stereocenters. The van der Waals surface area contributed by atoms with Gasteiger partial charge in [-0.25, -0.2) is 0 Å². The van der Waals surface area contributed by atoms with Gasteiger partial charge >= 0.3 is 5.97 Å². The molecule has 1 aromatic heterocycles. The third-order valence-electron chi connectivity index (χ3n) is 5.80. The van der Waals surface area contributed by atoms with Crippen LogP contribution in [0.1, 0.15) is 32.8 Å². The van der Waals surface area contributed by atoms with Crippen LogP contribution in [0.25, 0.3) is 10.9 Å². The Labute approximate surface area is 236 Å². The number of amides is 4. The average molecular weight is 580 g/mol. The Morgan fingerprint density at radius 1 is 1.05 bits per heavy atom. The molecule has 2 aromatic rings. The zero-order chi connectivity index (χ0) is 29.7. The van der Waals surface area contributed by atoms with Crippen LogP contribution in [-0.2, 0) is 30.3 Å². The number of thioether (sulfide) groups is 1. The van der Waals surface area contributed by atoms with Crippen molar-refractivity contribution in [1.29, 1.82) is 0 Å². The number of aliphatic hydroxyl groups is 1. The number of ether oxygens (including phenoxy) is 1. The zero-order valence-corrected chi connectivity index (χ0v) is 23.6. The van der Waals surface area contributed by atoms with E-state index in [1.807, 2.05) is 6.20 Å². The molecule has 7 N–H and O–H groups in total. The third-order valence-corrected chi connectivity index (χ3v) is 6.61. The van der Waals surface area contributed by atoms with E-state index in [1.165, 1.54) is 20.8 Å². The number of aromatic hydroxyl groups is 1. The highest BCUT2D eigenvalue weighted by atomic mass is 32.2. The number of hydrogen-bond acceptors (Lipinski definition) is 9. The van der Waals surface area contributed by atoms with Crippen LogP contribution in [-0.4, -0.2) is 88.8 Å². The number of phenols is 1. The van der Waals surface area contributed by atoms with Gasteiger partial charge in [0.25, 0.3) is 5.24 Å². The van der Waals surface area contributed by atoms with E-state index in [0.717, 1.165) is 28.2 Å². The second-order valence-corrected chi connectivity index (χ2v) is 10.8. The third kappa shape index (κ3) is 11.1. The SMILES string of the molecule is CC(=O)NCC(=O)OCC(C)(C)[C@@H](O)C(=O)NCCC(=O)NCCSC(=O)NCCc1c[nH]c2ccc(O)cc12. The summed E-state index contributed by atoms with van der Waals surface area (Å²) in [5, 5.41) is 30.9. The summed E-state index contributed by atoms with van der Waals surface area (Å²) >= 11 is 1.04. The number of hydrogen-bond donors (Lipinski definition) is 7. The van der Waals surface area contributed by atoms with E-state index in [0.29, 0.717) is 18.7 Å². The maximum Gasteiger partial charge on any atom is 0.325 e. The van der Waals surface area contributed by atoms with Crippen LogP contribution in [0.15, 0.2) is 24.4 Å². The summed E-state index contributed by atoms with van der Waals surface area (Å²) in [6, 6.07) is 5.06. The molecule has 0 saturated heterocycles. The van der Waals surface area contributed by atoms with E-state index in [2.05, 4.69) is 26.3 Å². The summed E-state index contributed by atoms with van der Waals surface area (Å²) in [7, 11) is 0. The molecule has 13 nitrogen and oxygen atoms in total. The van der Waals surface area contributed by atoms with E-state index >= 15 is 0 Å². The fourth-order valence-corrected chi connectivity index (χ4v) is 4.08. The number of fused-ring (bicyclic) bond motifs is 1. The molecule has 0 spiro atoms. The highest BCUT2D eigenvalue weighted by Crippen LogP contribution is 2.23. The molecule has 0 fully saturated rings. The van der Waals surface area contributed by atoms with Crippen molar-refractivity contribution in [3.63, 3.8) is 0 Å². The van der Waals surface area contributed by atoms with Gasteiger partial charge in [-0.2, -0.15) is 0 Å². The molecule has 1 aromatic carbocycles. The predicted molar refractivity (Wildman–Crippen MR) is 150 cm³/mol. The molecular weight excluding hydrogens is 542 g/mol. The minimum absolute atomic E-state index is 0.0145. The molecule has 4 amide bonds. The lowest BCUT2D eigenvalue weighted by Crippen LogP contribution is -2.47. The van der Waals surface area contributed by atoms with E-state index < -0.39 is 23.4 Å². The largest absolute Gasteiger partial charge is 0.508 e. The van der Waals surface area contributed by atoms with Crippen molar-refractivity contribution in [2.45, 2.75) is 39.7 Å². The molecule has 1 atom stereocenters. The topological polar surface area (TPSA) is 199 Å². The van der Waals surface area contributed by atoms with Crippen molar-refractivity contribution >= 4 is 51.6 Å². The summed E-state index contributed by atoms with van der Waals surface area (Å²) in [5.41, 5.74) is 0.783. The Morgan fingerprint density at radius 2 is 1.80 bits per heavy atom. The van der Waals surface area contributed by atoms with Crippen LogP contribution in [0, 0.1) is 5.41 Å². The molecule has 0 aliphatic rings. The van der Waals surface area contributed by atoms with Gasteiger partial charge in [-0.15, -0.1) is 0 Å². The lowest BCUT2D eigenvalue weighted by Gasteiger charge is -2.29. The molecule has 220 valence electrons. The van der Waals surface area contributed by atoms with Crippen molar-refractivity contribution in [2.75, 3.05) is 38.5 Å². The predicted octanol–water partition coefficient (Wildman–Crippen LogP) is 0.548. The van der Waals surface area contributed by atoms with E-state index in [1.54, 1.807) is 18.2 Å². The Kier molecular flexibility index (Phi) is 12.7. The number of aromatic nitrogens is 1. The zero-order valence-electron chi connectivity index (χ0n) is 22.8. The Morgan fingerprint density at radius 3 is 2.52 bits per heavy atom. The van der Waals surface area contributed by atoms with Gasteiger partial charge in [-0.05, 0) is 30.2 Å². The molecule has 0 saturated carbocycles.